The molecular formula is C24H24N6O3. The second-order valence-electron chi connectivity index (χ2n) is 7.79. The summed E-state index contributed by atoms with van der Waals surface area (Å²) in [5.74, 6) is 2.24. The van der Waals surface area contributed by atoms with E-state index in [0.29, 0.717) is 36.5 Å². The Morgan fingerprint density at radius 2 is 1.91 bits per heavy atom. The van der Waals surface area contributed by atoms with Crippen LogP contribution in [0.5, 0.6) is 11.6 Å². The van der Waals surface area contributed by atoms with Crippen LogP contribution in [0.1, 0.15) is 18.1 Å². The zero-order valence-electron chi connectivity index (χ0n) is 18.4. The number of benzene rings is 2. The van der Waals surface area contributed by atoms with Crippen LogP contribution in [0.25, 0.3) is 0 Å². The first kappa shape index (κ1) is 20.6. The quantitative estimate of drug-likeness (QED) is 0.435. The summed E-state index contributed by atoms with van der Waals surface area (Å²) in [7, 11) is 0. The number of anilines is 4. The Morgan fingerprint density at radius 3 is 2.61 bits per heavy atom. The number of hydrogen-bond donors (Lipinski definition) is 2. The molecule has 5 rings (SSSR count). The van der Waals surface area contributed by atoms with Gasteiger partial charge in [0.25, 0.3) is 11.4 Å². The summed E-state index contributed by atoms with van der Waals surface area (Å²) in [6.07, 6.45) is 1.45. The second kappa shape index (κ2) is 8.70. The molecule has 0 amide bonds. The maximum Gasteiger partial charge on any atom is 0.300 e. The van der Waals surface area contributed by atoms with Gasteiger partial charge >= 0.3 is 0 Å². The Morgan fingerprint density at radius 1 is 1.12 bits per heavy atom. The molecule has 2 aromatic heterocycles. The Bertz CT molecular complexity index is 1300. The van der Waals surface area contributed by atoms with E-state index in [1.165, 1.54) is 11.8 Å². The molecule has 0 fully saturated rings. The SMILES string of the molecule is CCN1CNc2c1c(=O)nc(Nc1ccc(Oc3ccon3)cc1)n2Cc1ccc(C)cc1. The van der Waals surface area contributed by atoms with Gasteiger partial charge in [0.15, 0.2) is 0 Å². The first-order valence-electron chi connectivity index (χ1n) is 10.7. The minimum atomic E-state index is -0.259. The van der Waals surface area contributed by atoms with E-state index in [2.05, 4.69) is 52.0 Å². The average Bonchev–Trinajstić information content (AvgIpc) is 3.49. The van der Waals surface area contributed by atoms with Crippen LogP contribution in [0.3, 0.4) is 0 Å². The fraction of sp³-hybridized carbons (Fsp3) is 0.208. The zero-order valence-corrected chi connectivity index (χ0v) is 18.4. The molecule has 0 aliphatic carbocycles. The molecule has 1 aliphatic rings. The van der Waals surface area contributed by atoms with Gasteiger partial charge in [0.2, 0.25) is 5.95 Å². The lowest BCUT2D eigenvalue weighted by Gasteiger charge is -2.19. The Balaban J connectivity index is 1.48. The molecule has 2 N–H and O–H groups in total. The number of rotatable bonds is 7. The van der Waals surface area contributed by atoms with Crippen molar-refractivity contribution in [3.8, 4) is 11.6 Å². The molecular weight excluding hydrogens is 420 g/mol. The van der Waals surface area contributed by atoms with Gasteiger partial charge in [-0.05, 0) is 48.8 Å². The number of nitrogens with zero attached hydrogens (tertiary/aromatic N) is 4. The van der Waals surface area contributed by atoms with Gasteiger partial charge in [-0.3, -0.25) is 9.36 Å². The third-order valence-electron chi connectivity index (χ3n) is 5.50. The standard InChI is InChI=1S/C24H24N6O3/c1-3-29-15-25-22-21(29)23(31)27-24(30(22)14-17-6-4-16(2)5-7-17)26-18-8-10-19(11-9-18)33-20-12-13-32-28-20/h4-13,25H,3,14-15H2,1-2H3,(H,26,27,31). The minimum absolute atomic E-state index is 0.259. The molecule has 0 bridgehead atoms. The van der Waals surface area contributed by atoms with Crippen LogP contribution in [0.2, 0.25) is 0 Å². The van der Waals surface area contributed by atoms with E-state index in [1.807, 2.05) is 40.7 Å². The van der Waals surface area contributed by atoms with E-state index in [9.17, 15) is 4.79 Å². The number of fused-ring (bicyclic) bond motifs is 1. The summed E-state index contributed by atoms with van der Waals surface area (Å²) in [5.41, 5.74) is 3.43. The van der Waals surface area contributed by atoms with Gasteiger partial charge in [0.1, 0.15) is 23.5 Å². The Kier molecular flexibility index (Phi) is 5.43. The van der Waals surface area contributed by atoms with E-state index >= 15 is 0 Å². The second-order valence-corrected chi connectivity index (χ2v) is 7.79. The van der Waals surface area contributed by atoms with Crippen LogP contribution >= 0.6 is 0 Å². The molecule has 0 atom stereocenters. The van der Waals surface area contributed by atoms with Gasteiger partial charge in [0.05, 0.1) is 13.2 Å². The number of nitrogens with one attached hydrogen (secondary N) is 2. The summed E-state index contributed by atoms with van der Waals surface area (Å²) >= 11 is 0. The van der Waals surface area contributed by atoms with E-state index in [-0.39, 0.29) is 5.56 Å². The zero-order chi connectivity index (χ0) is 22.8. The topological polar surface area (TPSA) is 97.5 Å². The van der Waals surface area contributed by atoms with Crippen LogP contribution in [0.15, 0.2) is 70.2 Å². The monoisotopic (exact) mass is 444 g/mol. The van der Waals surface area contributed by atoms with Crippen LogP contribution in [-0.2, 0) is 6.54 Å². The van der Waals surface area contributed by atoms with Gasteiger partial charge in [0, 0.05) is 18.3 Å². The minimum Gasteiger partial charge on any atom is -0.436 e. The van der Waals surface area contributed by atoms with Crippen LogP contribution in [-0.4, -0.2) is 27.9 Å². The number of hydrogen-bond acceptors (Lipinski definition) is 8. The van der Waals surface area contributed by atoms with E-state index < -0.39 is 0 Å². The fourth-order valence-electron chi connectivity index (χ4n) is 3.76. The maximum atomic E-state index is 12.9. The Labute approximate surface area is 190 Å². The maximum absolute atomic E-state index is 12.9. The molecule has 9 nitrogen and oxygen atoms in total. The van der Waals surface area contributed by atoms with E-state index in [1.54, 1.807) is 6.07 Å². The van der Waals surface area contributed by atoms with Gasteiger partial charge in [-0.15, -0.1) is 0 Å². The van der Waals surface area contributed by atoms with E-state index in [0.717, 1.165) is 23.6 Å². The van der Waals surface area contributed by atoms with Crippen molar-refractivity contribution in [2.45, 2.75) is 20.4 Å². The molecule has 168 valence electrons. The average molecular weight is 444 g/mol. The number of aromatic nitrogens is 3. The molecule has 2 aromatic carbocycles. The highest BCUT2D eigenvalue weighted by Gasteiger charge is 2.26. The molecule has 0 saturated heterocycles. The molecule has 3 heterocycles. The molecule has 4 aromatic rings. The van der Waals surface area contributed by atoms with Crippen molar-refractivity contribution in [2.24, 2.45) is 0 Å². The van der Waals surface area contributed by atoms with Crippen molar-refractivity contribution in [1.82, 2.24) is 14.7 Å². The summed E-state index contributed by atoms with van der Waals surface area (Å²) in [6.45, 7) is 5.95. The lowest BCUT2D eigenvalue weighted by Crippen LogP contribution is -2.27. The molecule has 0 spiro atoms. The molecule has 0 radical (unpaired) electrons. The number of ether oxygens (including phenoxy) is 1. The van der Waals surface area contributed by atoms with Crippen molar-refractivity contribution in [3.05, 3.63) is 82.3 Å². The third kappa shape index (κ3) is 4.25. The lowest BCUT2D eigenvalue weighted by molar-refractivity contribution is 0.367. The largest absolute Gasteiger partial charge is 0.436 e. The molecule has 1 aliphatic heterocycles. The number of aryl methyl sites for hydroxylation is 1. The van der Waals surface area contributed by atoms with Crippen LogP contribution in [0.4, 0.5) is 23.1 Å². The molecule has 0 unspecified atom stereocenters. The highest BCUT2D eigenvalue weighted by molar-refractivity contribution is 5.73. The van der Waals surface area contributed by atoms with Crippen molar-refractivity contribution in [2.75, 3.05) is 28.7 Å². The van der Waals surface area contributed by atoms with Crippen molar-refractivity contribution in [1.29, 1.82) is 0 Å². The van der Waals surface area contributed by atoms with Crippen LogP contribution < -0.4 is 25.8 Å². The van der Waals surface area contributed by atoms with Crippen molar-refractivity contribution >= 4 is 23.1 Å². The van der Waals surface area contributed by atoms with Gasteiger partial charge in [-0.25, -0.2) is 0 Å². The van der Waals surface area contributed by atoms with Gasteiger partial charge in [-0.2, -0.15) is 4.98 Å². The summed E-state index contributed by atoms with van der Waals surface area (Å²) in [6, 6.07) is 17.3. The highest BCUT2D eigenvalue weighted by atomic mass is 16.5. The first-order valence-corrected chi connectivity index (χ1v) is 10.7. The molecule has 9 heteroatoms. The van der Waals surface area contributed by atoms with Crippen molar-refractivity contribution in [3.63, 3.8) is 0 Å². The van der Waals surface area contributed by atoms with Gasteiger partial charge in [-0.1, -0.05) is 29.8 Å². The normalized spacial score (nSPS) is 12.4. The van der Waals surface area contributed by atoms with Gasteiger partial charge < -0.3 is 24.8 Å². The summed E-state index contributed by atoms with van der Waals surface area (Å²) < 4.78 is 12.4. The van der Waals surface area contributed by atoms with E-state index in [4.69, 9.17) is 9.26 Å². The van der Waals surface area contributed by atoms with Crippen molar-refractivity contribution < 1.29 is 9.26 Å². The predicted molar refractivity (Wildman–Crippen MR) is 127 cm³/mol. The molecule has 0 saturated carbocycles. The molecule has 33 heavy (non-hydrogen) atoms. The lowest BCUT2D eigenvalue weighted by atomic mass is 10.1. The fourth-order valence-corrected chi connectivity index (χ4v) is 3.76. The smallest absolute Gasteiger partial charge is 0.300 e. The van der Waals surface area contributed by atoms with Crippen LogP contribution in [0, 0.1) is 6.92 Å². The third-order valence-corrected chi connectivity index (χ3v) is 5.50. The highest BCUT2D eigenvalue weighted by Crippen LogP contribution is 2.31. The first-order chi connectivity index (χ1) is 16.1. The summed E-state index contributed by atoms with van der Waals surface area (Å²) in [5, 5.41) is 10.4. The summed E-state index contributed by atoms with van der Waals surface area (Å²) in [4.78, 5) is 19.3. The Hall–Kier alpha value is -4.27. The predicted octanol–water partition coefficient (Wildman–Crippen LogP) is 4.33.